The Bertz CT molecular complexity index is 1310. The fourth-order valence-corrected chi connectivity index (χ4v) is 5.53. The van der Waals surface area contributed by atoms with Crippen LogP contribution in [-0.2, 0) is 23.2 Å². The van der Waals surface area contributed by atoms with Gasteiger partial charge in [0.2, 0.25) is 5.91 Å². The van der Waals surface area contributed by atoms with Gasteiger partial charge < -0.3 is 24.2 Å². The van der Waals surface area contributed by atoms with Gasteiger partial charge >= 0.3 is 0 Å². The smallest absolute Gasteiger partial charge is 0.271 e. The first-order valence-electron chi connectivity index (χ1n) is 13.3. The first kappa shape index (κ1) is 25.5. The number of aliphatic hydroxyl groups is 1. The second kappa shape index (κ2) is 10.3. The number of aryl methyl sites for hydroxylation is 1. The standard InChI is InChI=1S/C30H37N3O4/c1-19-15-33(20(2)17-34)30(36)28-27(24-11-7-8-12-25(24)32(28)4)23-10-6-5-9-22(23)18-37-26(19)16-31(3)29(35)21-13-14-21/h5-12,19-21,26,34H,13-18H2,1-4H3/t19-,20-,26+/m0/s1. The summed E-state index contributed by atoms with van der Waals surface area (Å²) in [5.74, 6) is 0.135. The minimum absolute atomic E-state index is 0.0594. The number of ether oxygens (including phenoxy) is 1. The van der Waals surface area contributed by atoms with E-state index < -0.39 is 0 Å². The van der Waals surface area contributed by atoms with Crippen molar-refractivity contribution >= 4 is 22.7 Å². The number of benzene rings is 2. The molecule has 1 saturated carbocycles. The van der Waals surface area contributed by atoms with Crippen LogP contribution in [0.3, 0.4) is 0 Å². The van der Waals surface area contributed by atoms with Crippen molar-refractivity contribution in [2.45, 2.75) is 45.4 Å². The van der Waals surface area contributed by atoms with Crippen molar-refractivity contribution in [3.8, 4) is 11.1 Å². The molecule has 0 radical (unpaired) electrons. The second-order valence-corrected chi connectivity index (χ2v) is 10.8. The number of nitrogens with zero attached hydrogens (tertiary/aromatic N) is 3. The van der Waals surface area contributed by atoms with Gasteiger partial charge in [-0.15, -0.1) is 0 Å². The predicted octanol–water partition coefficient (Wildman–Crippen LogP) is 4.07. The van der Waals surface area contributed by atoms with Crippen molar-refractivity contribution < 1.29 is 19.4 Å². The number of carbonyl (C=O) groups is 2. The number of carbonyl (C=O) groups excluding carboxylic acids is 2. The van der Waals surface area contributed by atoms with Crippen LogP contribution in [0.2, 0.25) is 0 Å². The van der Waals surface area contributed by atoms with Gasteiger partial charge in [0.15, 0.2) is 0 Å². The van der Waals surface area contributed by atoms with Crippen LogP contribution in [0.1, 0.15) is 42.7 Å². The Labute approximate surface area is 218 Å². The van der Waals surface area contributed by atoms with Gasteiger partial charge in [0.1, 0.15) is 5.69 Å². The summed E-state index contributed by atoms with van der Waals surface area (Å²) in [4.78, 5) is 30.6. The third kappa shape index (κ3) is 4.78. The molecule has 1 aliphatic heterocycles. The molecule has 37 heavy (non-hydrogen) atoms. The van der Waals surface area contributed by atoms with Crippen LogP contribution in [-0.4, -0.2) is 70.2 Å². The van der Waals surface area contributed by atoms with Gasteiger partial charge in [0.05, 0.1) is 25.4 Å². The lowest BCUT2D eigenvalue weighted by Gasteiger charge is -2.35. The van der Waals surface area contributed by atoms with E-state index in [1.165, 1.54) is 0 Å². The lowest BCUT2D eigenvalue weighted by atomic mass is 9.96. The maximum atomic E-state index is 14.3. The highest BCUT2D eigenvalue weighted by Gasteiger charge is 2.36. The van der Waals surface area contributed by atoms with Gasteiger partial charge in [-0.3, -0.25) is 9.59 Å². The molecule has 0 bridgehead atoms. The molecule has 1 aliphatic carbocycles. The van der Waals surface area contributed by atoms with Crippen molar-refractivity contribution in [3.63, 3.8) is 0 Å². The maximum absolute atomic E-state index is 14.3. The lowest BCUT2D eigenvalue weighted by Crippen LogP contribution is -2.48. The lowest BCUT2D eigenvalue weighted by molar-refractivity contribution is -0.134. The fourth-order valence-electron chi connectivity index (χ4n) is 5.53. The SMILES string of the molecule is C[C@H]1CN([C@@H](C)CO)C(=O)c2c(c3ccccc3n2C)-c2ccccc2CO[C@@H]1CN(C)C(=O)C1CC1. The molecule has 2 amide bonds. The highest BCUT2D eigenvalue weighted by molar-refractivity contribution is 6.10. The highest BCUT2D eigenvalue weighted by atomic mass is 16.5. The Morgan fingerprint density at radius 1 is 1.16 bits per heavy atom. The molecule has 1 N–H and O–H groups in total. The quantitative estimate of drug-likeness (QED) is 0.570. The highest BCUT2D eigenvalue weighted by Crippen LogP contribution is 2.38. The number of likely N-dealkylation sites (N-methyl/N-ethyl adjacent to an activating group) is 1. The van der Waals surface area contributed by atoms with Crippen LogP contribution >= 0.6 is 0 Å². The van der Waals surface area contributed by atoms with E-state index in [9.17, 15) is 14.7 Å². The molecule has 2 aromatic carbocycles. The van der Waals surface area contributed by atoms with Crippen LogP contribution < -0.4 is 0 Å². The topological polar surface area (TPSA) is 75.0 Å². The molecule has 2 heterocycles. The van der Waals surface area contributed by atoms with Crippen molar-refractivity contribution in [3.05, 3.63) is 59.8 Å². The summed E-state index contributed by atoms with van der Waals surface area (Å²) in [7, 11) is 3.78. The molecule has 0 saturated heterocycles. The third-order valence-electron chi connectivity index (χ3n) is 7.98. The summed E-state index contributed by atoms with van der Waals surface area (Å²) in [5, 5.41) is 11.1. The number of aliphatic hydroxyl groups excluding tert-OH is 1. The van der Waals surface area contributed by atoms with E-state index in [-0.39, 0.29) is 42.4 Å². The van der Waals surface area contributed by atoms with E-state index in [2.05, 4.69) is 25.1 Å². The van der Waals surface area contributed by atoms with Crippen LogP contribution in [0.15, 0.2) is 48.5 Å². The van der Waals surface area contributed by atoms with Crippen molar-refractivity contribution in [2.24, 2.45) is 18.9 Å². The van der Waals surface area contributed by atoms with Crippen LogP contribution in [0.5, 0.6) is 0 Å². The summed E-state index contributed by atoms with van der Waals surface area (Å²) < 4.78 is 8.54. The Balaban J connectivity index is 1.63. The fraction of sp³-hybridized carbons (Fsp3) is 0.467. The van der Waals surface area contributed by atoms with Crippen molar-refractivity contribution in [2.75, 3.05) is 26.7 Å². The van der Waals surface area contributed by atoms with Gasteiger partial charge in [-0.05, 0) is 37.0 Å². The zero-order valence-corrected chi connectivity index (χ0v) is 22.2. The molecule has 2 aliphatic rings. The predicted molar refractivity (Wildman–Crippen MR) is 144 cm³/mol. The minimum atomic E-state index is -0.372. The number of fused-ring (bicyclic) bond motifs is 5. The summed E-state index contributed by atoms with van der Waals surface area (Å²) in [6.45, 7) is 5.05. The first-order valence-corrected chi connectivity index (χ1v) is 13.3. The molecule has 3 aromatic rings. The molecule has 196 valence electrons. The zero-order valence-electron chi connectivity index (χ0n) is 22.2. The maximum Gasteiger partial charge on any atom is 0.271 e. The number of hydrogen-bond donors (Lipinski definition) is 1. The van der Waals surface area contributed by atoms with Gasteiger partial charge in [-0.2, -0.15) is 0 Å². The molecule has 7 nitrogen and oxygen atoms in total. The normalized spacial score (nSPS) is 21.2. The summed E-state index contributed by atoms with van der Waals surface area (Å²) in [6, 6.07) is 15.8. The first-order chi connectivity index (χ1) is 17.8. The Morgan fingerprint density at radius 3 is 2.59 bits per heavy atom. The van der Waals surface area contributed by atoms with E-state index in [1.807, 2.05) is 55.9 Å². The second-order valence-electron chi connectivity index (χ2n) is 10.8. The summed E-state index contributed by atoms with van der Waals surface area (Å²) in [5.41, 5.74) is 4.46. The molecule has 1 fully saturated rings. The molecule has 5 rings (SSSR count). The molecular formula is C30H37N3O4. The van der Waals surface area contributed by atoms with E-state index in [1.54, 1.807) is 9.80 Å². The number of rotatable bonds is 5. The van der Waals surface area contributed by atoms with Crippen LogP contribution in [0.4, 0.5) is 0 Å². The molecule has 0 unspecified atom stereocenters. The van der Waals surface area contributed by atoms with Crippen LogP contribution in [0, 0.1) is 11.8 Å². The molecule has 1 aromatic heterocycles. The number of amides is 2. The molecular weight excluding hydrogens is 466 g/mol. The number of para-hydroxylation sites is 1. The van der Waals surface area contributed by atoms with E-state index in [0.717, 1.165) is 40.4 Å². The molecule has 0 spiro atoms. The van der Waals surface area contributed by atoms with E-state index in [0.29, 0.717) is 25.4 Å². The Hall–Kier alpha value is -3.16. The van der Waals surface area contributed by atoms with Crippen LogP contribution in [0.25, 0.3) is 22.0 Å². The van der Waals surface area contributed by atoms with E-state index in [4.69, 9.17) is 4.74 Å². The minimum Gasteiger partial charge on any atom is -0.394 e. The monoisotopic (exact) mass is 503 g/mol. The van der Waals surface area contributed by atoms with Gasteiger partial charge in [0.25, 0.3) is 5.91 Å². The van der Waals surface area contributed by atoms with Gasteiger partial charge in [-0.25, -0.2) is 0 Å². The summed E-state index contributed by atoms with van der Waals surface area (Å²) >= 11 is 0. The molecule has 7 heteroatoms. The third-order valence-corrected chi connectivity index (χ3v) is 7.98. The zero-order chi connectivity index (χ0) is 26.3. The largest absolute Gasteiger partial charge is 0.394 e. The molecule has 3 atom stereocenters. The Kier molecular flexibility index (Phi) is 7.10. The summed E-state index contributed by atoms with van der Waals surface area (Å²) in [6.07, 6.45) is 1.65. The average Bonchev–Trinajstić information content (AvgIpc) is 3.72. The van der Waals surface area contributed by atoms with Gasteiger partial charge in [-0.1, -0.05) is 49.4 Å². The van der Waals surface area contributed by atoms with Crippen molar-refractivity contribution in [1.82, 2.24) is 14.4 Å². The van der Waals surface area contributed by atoms with E-state index >= 15 is 0 Å². The van der Waals surface area contributed by atoms with Crippen molar-refractivity contribution in [1.29, 1.82) is 0 Å². The number of aromatic nitrogens is 1. The average molecular weight is 504 g/mol. The number of hydrogen-bond acceptors (Lipinski definition) is 4. The van der Waals surface area contributed by atoms with Gasteiger partial charge in [0, 0.05) is 55.5 Å². The Morgan fingerprint density at radius 2 is 1.86 bits per heavy atom.